The van der Waals surface area contributed by atoms with Gasteiger partial charge in [0, 0.05) is 63.1 Å². The third-order valence-corrected chi connectivity index (χ3v) is 18.8. The van der Waals surface area contributed by atoms with E-state index in [-0.39, 0.29) is 114 Å². The number of urea groups is 1. The third-order valence-electron chi connectivity index (χ3n) is 16.9. The standard InChI is InChI=1S/C74H138N4O16P2/c1-7-12-17-22-25-28-31-36-39-45-67(80)58-71(82)77-65(60-89-55-51-70(48-42-35-21-16-11-5)94-73(84)49-43-38-33-30-27-24-19-14-9-3)62-91-95(86)57-44-52-75-74(85)76-53-56-90-96(87)92-63-66(61-88-54-50-69(93-64(6)79)47-41-34-20-15-10-4)78-72(83)59-68(81)46-40-37-32-29-26-23-18-13-8-2/h65-66,69-70H,7-63H2,1-6H3,(H2-2,75,76,77,78,82,83,85)/p+2/t65-,66-,69-,70-/m1/s1. The number of unbranched alkanes of at least 4 members (excludes halogenated alkanes) is 32. The quantitative estimate of drug-likeness (QED) is 0.0191. The number of ether oxygens (including phenoxy) is 4. The molecule has 0 saturated heterocycles. The highest BCUT2D eigenvalue weighted by molar-refractivity contribution is 7.39. The van der Waals surface area contributed by atoms with Crippen molar-refractivity contribution in [1.82, 2.24) is 21.3 Å². The minimum Gasteiger partial charge on any atom is -0.462 e. The van der Waals surface area contributed by atoms with Gasteiger partial charge in [0.15, 0.2) is 6.16 Å². The number of carbonyl (C=O) groups is 7. The molecular formula is C74H140N4O16P2+2. The van der Waals surface area contributed by atoms with Gasteiger partial charge in [0.1, 0.15) is 43.6 Å². The second kappa shape index (κ2) is 69.9. The molecule has 0 aliphatic heterocycles. The molecule has 0 fully saturated rings. The Balaban J connectivity index is 5.33. The van der Waals surface area contributed by atoms with E-state index >= 15 is 0 Å². The van der Waals surface area contributed by atoms with Gasteiger partial charge in [-0.2, -0.15) is 0 Å². The van der Waals surface area contributed by atoms with Gasteiger partial charge >= 0.3 is 34.3 Å². The minimum absolute atomic E-state index is 0.0233. The van der Waals surface area contributed by atoms with E-state index in [1.54, 1.807) is 0 Å². The highest BCUT2D eigenvalue weighted by atomic mass is 31.1. The largest absolute Gasteiger partial charge is 0.697 e. The summed E-state index contributed by atoms with van der Waals surface area (Å²) in [5, 5.41) is 11.0. The molecule has 0 saturated carbocycles. The number of rotatable bonds is 74. The van der Waals surface area contributed by atoms with Crippen molar-refractivity contribution in [3.8, 4) is 0 Å². The molecule has 2 unspecified atom stereocenters. The summed E-state index contributed by atoms with van der Waals surface area (Å²) in [6.07, 6.45) is 44.0. The van der Waals surface area contributed by atoms with E-state index < -0.39 is 46.2 Å². The van der Waals surface area contributed by atoms with E-state index in [1.165, 1.54) is 110 Å². The maximum absolute atomic E-state index is 13.2. The normalized spacial score (nSPS) is 12.9. The summed E-state index contributed by atoms with van der Waals surface area (Å²) in [5.41, 5.74) is 0. The Morgan fingerprint density at radius 3 is 1.15 bits per heavy atom. The lowest BCUT2D eigenvalue weighted by Gasteiger charge is -2.20. The van der Waals surface area contributed by atoms with Crippen LogP contribution in [0.15, 0.2) is 0 Å². The molecule has 0 aromatic carbocycles. The molecule has 0 aliphatic rings. The first-order valence-corrected chi connectivity index (χ1v) is 41.1. The molecule has 0 heterocycles. The first-order chi connectivity index (χ1) is 46.6. The number of ketones is 2. The molecule has 22 heteroatoms. The van der Waals surface area contributed by atoms with Crippen LogP contribution in [0.5, 0.6) is 0 Å². The van der Waals surface area contributed by atoms with E-state index in [9.17, 15) is 42.7 Å². The van der Waals surface area contributed by atoms with Gasteiger partial charge in [-0.3, -0.25) is 28.8 Å². The van der Waals surface area contributed by atoms with Crippen molar-refractivity contribution in [1.29, 1.82) is 0 Å². The molecule has 20 nitrogen and oxygen atoms in total. The van der Waals surface area contributed by atoms with Gasteiger partial charge in [0.05, 0.1) is 51.4 Å². The van der Waals surface area contributed by atoms with Crippen molar-refractivity contribution in [2.45, 2.75) is 368 Å². The molecule has 0 radical (unpaired) electrons. The number of hydrogen-bond donors (Lipinski definition) is 4. The van der Waals surface area contributed by atoms with Crippen LogP contribution in [0.25, 0.3) is 0 Å². The molecule has 96 heavy (non-hydrogen) atoms. The number of nitrogens with one attached hydrogen (secondary N) is 4. The molecule has 4 amide bonds. The van der Waals surface area contributed by atoms with Crippen LogP contribution < -0.4 is 21.3 Å². The van der Waals surface area contributed by atoms with Crippen LogP contribution in [0.1, 0.15) is 343 Å². The summed E-state index contributed by atoms with van der Waals surface area (Å²) in [7, 11) is -4.89. The molecule has 0 aromatic heterocycles. The molecule has 6 atom stereocenters. The Bertz CT molecular complexity index is 1960. The Labute approximate surface area is 584 Å². The summed E-state index contributed by atoms with van der Waals surface area (Å²) in [6, 6.07) is -2.02. The Hall–Kier alpha value is -3.51. The van der Waals surface area contributed by atoms with Crippen LogP contribution in [0.2, 0.25) is 0 Å². The van der Waals surface area contributed by atoms with Crippen molar-refractivity contribution in [3.05, 3.63) is 0 Å². The Morgan fingerprint density at radius 2 is 0.729 bits per heavy atom. The molecule has 0 rings (SSSR count). The average molecular weight is 1400 g/mol. The van der Waals surface area contributed by atoms with E-state index in [0.29, 0.717) is 44.9 Å². The lowest BCUT2D eigenvalue weighted by atomic mass is 10.0. The van der Waals surface area contributed by atoms with Crippen molar-refractivity contribution in [2.75, 3.05) is 65.5 Å². The molecule has 0 spiro atoms. The molecule has 0 bridgehead atoms. The Kier molecular flexibility index (Phi) is 67.4. The van der Waals surface area contributed by atoms with Crippen molar-refractivity contribution < 1.29 is 75.2 Å². The fourth-order valence-electron chi connectivity index (χ4n) is 11.2. The van der Waals surface area contributed by atoms with Gasteiger partial charge in [0.2, 0.25) is 11.8 Å². The summed E-state index contributed by atoms with van der Waals surface area (Å²) in [4.78, 5) is 89.4. The average Bonchev–Trinajstić information content (AvgIpc) is 2.29. The second-order valence-corrected chi connectivity index (χ2v) is 28.7. The number of Topliss-reactive ketones (excluding diaryl/α,β-unsaturated/α-hetero) is 2. The lowest BCUT2D eigenvalue weighted by Crippen LogP contribution is -2.42. The van der Waals surface area contributed by atoms with Crippen molar-refractivity contribution >= 4 is 57.6 Å². The minimum atomic E-state index is -2.68. The fourth-order valence-corrected chi connectivity index (χ4v) is 12.7. The van der Waals surface area contributed by atoms with E-state index in [0.717, 1.165) is 141 Å². The van der Waals surface area contributed by atoms with Gasteiger partial charge in [-0.05, 0) is 49.5 Å². The molecule has 4 N–H and O–H groups in total. The predicted molar refractivity (Wildman–Crippen MR) is 386 cm³/mol. The lowest BCUT2D eigenvalue weighted by molar-refractivity contribution is -0.151. The first-order valence-electron chi connectivity index (χ1n) is 38.6. The maximum atomic E-state index is 13.2. The Morgan fingerprint density at radius 1 is 0.365 bits per heavy atom. The zero-order valence-corrected chi connectivity index (χ0v) is 63.3. The predicted octanol–water partition coefficient (Wildman–Crippen LogP) is 18.2. The number of carbonyl (C=O) groups excluding carboxylic acids is 7. The van der Waals surface area contributed by atoms with Gasteiger partial charge in [0.25, 0.3) is 0 Å². The first kappa shape index (κ1) is 92.5. The van der Waals surface area contributed by atoms with Gasteiger partial charge in [-0.15, -0.1) is 13.6 Å². The molecule has 0 aromatic rings. The van der Waals surface area contributed by atoms with Crippen LogP contribution in [-0.2, 0) is 70.4 Å². The van der Waals surface area contributed by atoms with Crippen LogP contribution >= 0.6 is 16.3 Å². The van der Waals surface area contributed by atoms with E-state index in [4.69, 9.17) is 32.5 Å². The van der Waals surface area contributed by atoms with Crippen molar-refractivity contribution in [2.24, 2.45) is 0 Å². The summed E-state index contributed by atoms with van der Waals surface area (Å²) in [6.45, 7) is 12.4. The highest BCUT2D eigenvalue weighted by Crippen LogP contribution is 2.25. The number of hydrogen-bond acceptors (Lipinski definition) is 16. The molecule has 0 aliphatic carbocycles. The SMILES string of the molecule is CCCCCCCCCCCC(=O)CC(=O)N[C@H](COCC[C@@H](CCCCCCC)OC(=O)CCCCCCCCCCC)CO[P+](=O)CCCNC(=O)NCCO[P+](=O)OC[C@@H](COCC[C@@H](CCCCCCC)OC(C)=O)NC(=O)CC(=O)CCCCCCCCCCC. The van der Waals surface area contributed by atoms with Crippen LogP contribution in [0, 0.1) is 0 Å². The number of esters is 2. The van der Waals surface area contributed by atoms with E-state index in [1.807, 2.05) is 0 Å². The third kappa shape index (κ3) is 65.1. The zero-order chi connectivity index (χ0) is 70.6. The van der Waals surface area contributed by atoms with Gasteiger partial charge in [-0.1, -0.05) is 240 Å². The maximum Gasteiger partial charge on any atom is 0.697 e. The van der Waals surface area contributed by atoms with E-state index in [2.05, 4.69) is 55.9 Å². The molecular weight excluding hydrogens is 1260 g/mol. The zero-order valence-electron chi connectivity index (χ0n) is 61.5. The van der Waals surface area contributed by atoms with Crippen LogP contribution in [-0.4, -0.2) is 131 Å². The summed E-state index contributed by atoms with van der Waals surface area (Å²) >= 11 is 0. The fraction of sp³-hybridized carbons (Fsp3) is 0.905. The van der Waals surface area contributed by atoms with Crippen LogP contribution in [0.3, 0.4) is 0 Å². The summed E-state index contributed by atoms with van der Waals surface area (Å²) < 4.78 is 66.0. The van der Waals surface area contributed by atoms with Gasteiger partial charge < -0.3 is 40.2 Å². The topological polar surface area (TPSA) is 266 Å². The van der Waals surface area contributed by atoms with Crippen molar-refractivity contribution in [3.63, 3.8) is 0 Å². The monoisotopic (exact) mass is 1400 g/mol. The smallest absolute Gasteiger partial charge is 0.462 e. The highest BCUT2D eigenvalue weighted by Gasteiger charge is 2.27. The second-order valence-electron chi connectivity index (χ2n) is 26.4. The molecule has 560 valence electrons. The van der Waals surface area contributed by atoms with Crippen LogP contribution in [0.4, 0.5) is 4.79 Å². The van der Waals surface area contributed by atoms with Gasteiger partial charge in [-0.25, -0.2) is 4.79 Å². The summed E-state index contributed by atoms with van der Waals surface area (Å²) in [5.74, 6) is -1.80. The number of amides is 4.